The van der Waals surface area contributed by atoms with Crippen LogP contribution >= 0.6 is 15.9 Å². The third kappa shape index (κ3) is 3.11. The van der Waals surface area contributed by atoms with Gasteiger partial charge in [0.2, 0.25) is 0 Å². The van der Waals surface area contributed by atoms with E-state index in [1.54, 1.807) is 19.1 Å². The summed E-state index contributed by atoms with van der Waals surface area (Å²) in [7, 11) is 0. The Balaban J connectivity index is 2.40. The highest BCUT2D eigenvalue weighted by atomic mass is 79.9. The van der Waals surface area contributed by atoms with Crippen LogP contribution < -0.4 is 10.5 Å². The van der Waals surface area contributed by atoms with Crippen molar-refractivity contribution in [3.8, 4) is 11.5 Å². The SMILES string of the molecule is CC(N)c1cccc(F)c1Oc1ccc(F)c(Br)c1. The molecule has 2 aromatic carbocycles. The van der Waals surface area contributed by atoms with Gasteiger partial charge in [0.1, 0.15) is 11.6 Å². The fourth-order valence-corrected chi connectivity index (χ4v) is 2.01. The molecule has 0 radical (unpaired) electrons. The minimum absolute atomic E-state index is 0.0657. The first-order valence-corrected chi connectivity index (χ1v) is 6.45. The molecular formula is C14H12BrF2NO. The molecule has 0 spiro atoms. The zero-order valence-corrected chi connectivity index (χ0v) is 11.7. The van der Waals surface area contributed by atoms with Crippen LogP contribution in [0.15, 0.2) is 40.9 Å². The Hall–Kier alpha value is -1.46. The van der Waals surface area contributed by atoms with Crippen LogP contribution in [0, 0.1) is 11.6 Å². The molecule has 2 N–H and O–H groups in total. The monoisotopic (exact) mass is 327 g/mol. The van der Waals surface area contributed by atoms with Gasteiger partial charge in [-0.25, -0.2) is 8.78 Å². The molecule has 0 aliphatic carbocycles. The molecule has 0 aromatic heterocycles. The van der Waals surface area contributed by atoms with Crippen LogP contribution in [0.25, 0.3) is 0 Å². The van der Waals surface area contributed by atoms with E-state index in [1.807, 2.05) is 0 Å². The molecule has 1 unspecified atom stereocenters. The average molecular weight is 328 g/mol. The van der Waals surface area contributed by atoms with Gasteiger partial charge in [0.05, 0.1) is 4.47 Å². The molecule has 0 amide bonds. The highest BCUT2D eigenvalue weighted by Crippen LogP contribution is 2.32. The van der Waals surface area contributed by atoms with Gasteiger partial charge >= 0.3 is 0 Å². The van der Waals surface area contributed by atoms with Crippen LogP contribution in [-0.2, 0) is 0 Å². The lowest BCUT2D eigenvalue weighted by atomic mass is 10.1. The minimum Gasteiger partial charge on any atom is -0.454 e. The molecule has 2 nitrogen and oxygen atoms in total. The van der Waals surface area contributed by atoms with Gasteiger partial charge in [-0.3, -0.25) is 0 Å². The lowest BCUT2D eigenvalue weighted by molar-refractivity contribution is 0.431. The number of halogens is 3. The van der Waals surface area contributed by atoms with E-state index >= 15 is 0 Å². The summed E-state index contributed by atoms with van der Waals surface area (Å²) in [6.07, 6.45) is 0. The van der Waals surface area contributed by atoms with Gasteiger partial charge in [0.25, 0.3) is 0 Å². The van der Waals surface area contributed by atoms with Crippen LogP contribution in [0.2, 0.25) is 0 Å². The number of nitrogens with two attached hydrogens (primary N) is 1. The van der Waals surface area contributed by atoms with Crippen LogP contribution in [0.5, 0.6) is 11.5 Å². The lowest BCUT2D eigenvalue weighted by Crippen LogP contribution is -2.07. The minimum atomic E-state index is -0.504. The summed E-state index contributed by atoms with van der Waals surface area (Å²) in [4.78, 5) is 0. The molecule has 5 heteroatoms. The van der Waals surface area contributed by atoms with Crippen molar-refractivity contribution < 1.29 is 13.5 Å². The Morgan fingerprint density at radius 3 is 2.53 bits per heavy atom. The van der Waals surface area contributed by atoms with Gasteiger partial charge in [0, 0.05) is 11.6 Å². The van der Waals surface area contributed by atoms with Crippen LogP contribution in [0.4, 0.5) is 8.78 Å². The van der Waals surface area contributed by atoms with E-state index in [2.05, 4.69) is 15.9 Å². The smallest absolute Gasteiger partial charge is 0.167 e. The largest absolute Gasteiger partial charge is 0.454 e. The van der Waals surface area contributed by atoms with E-state index in [4.69, 9.17) is 10.5 Å². The third-order valence-corrected chi connectivity index (χ3v) is 3.21. The van der Waals surface area contributed by atoms with Crippen molar-refractivity contribution in [3.63, 3.8) is 0 Å². The summed E-state index contributed by atoms with van der Waals surface area (Å²) in [5.41, 5.74) is 6.33. The average Bonchev–Trinajstić information content (AvgIpc) is 2.36. The molecular weight excluding hydrogens is 316 g/mol. The molecule has 0 bridgehead atoms. The predicted molar refractivity (Wildman–Crippen MR) is 73.2 cm³/mol. The van der Waals surface area contributed by atoms with Gasteiger partial charge in [-0.15, -0.1) is 0 Å². The van der Waals surface area contributed by atoms with Crippen molar-refractivity contribution in [2.24, 2.45) is 5.73 Å². The van der Waals surface area contributed by atoms with Gasteiger partial charge in [-0.1, -0.05) is 12.1 Å². The molecule has 100 valence electrons. The molecule has 2 rings (SSSR count). The first-order valence-electron chi connectivity index (χ1n) is 5.66. The maximum Gasteiger partial charge on any atom is 0.167 e. The van der Waals surface area contributed by atoms with E-state index in [9.17, 15) is 8.78 Å². The Morgan fingerprint density at radius 2 is 1.89 bits per heavy atom. The maximum absolute atomic E-state index is 13.8. The van der Waals surface area contributed by atoms with E-state index in [0.717, 1.165) is 0 Å². The second-order valence-corrected chi connectivity index (χ2v) is 4.98. The Labute approximate surface area is 118 Å². The lowest BCUT2D eigenvalue weighted by Gasteiger charge is -2.14. The molecule has 1 atom stereocenters. The Morgan fingerprint density at radius 1 is 1.16 bits per heavy atom. The van der Waals surface area contributed by atoms with E-state index in [-0.39, 0.29) is 16.3 Å². The summed E-state index contributed by atoms with van der Waals surface area (Å²) in [6, 6.07) is 8.30. The number of para-hydroxylation sites is 1. The first-order chi connectivity index (χ1) is 8.99. The second kappa shape index (κ2) is 5.67. The standard InChI is InChI=1S/C14H12BrF2NO/c1-8(18)10-3-2-4-13(17)14(10)19-9-5-6-12(16)11(15)7-9/h2-8H,18H2,1H3. The zero-order chi connectivity index (χ0) is 14.0. The normalized spacial score (nSPS) is 12.3. The van der Waals surface area contributed by atoms with Crippen molar-refractivity contribution in [1.29, 1.82) is 0 Å². The van der Waals surface area contributed by atoms with Crippen molar-refractivity contribution in [2.45, 2.75) is 13.0 Å². The molecule has 0 heterocycles. The summed E-state index contributed by atoms with van der Waals surface area (Å²) >= 11 is 3.05. The topological polar surface area (TPSA) is 35.2 Å². The number of hydrogen-bond acceptors (Lipinski definition) is 2. The zero-order valence-electron chi connectivity index (χ0n) is 10.2. The fraction of sp³-hybridized carbons (Fsp3) is 0.143. The van der Waals surface area contributed by atoms with Crippen molar-refractivity contribution in [1.82, 2.24) is 0 Å². The van der Waals surface area contributed by atoms with E-state index in [0.29, 0.717) is 11.3 Å². The second-order valence-electron chi connectivity index (χ2n) is 4.12. The summed E-state index contributed by atoms with van der Waals surface area (Å²) in [5, 5.41) is 0. The fourth-order valence-electron chi connectivity index (χ4n) is 1.65. The van der Waals surface area contributed by atoms with Crippen molar-refractivity contribution in [3.05, 3.63) is 58.1 Å². The number of benzene rings is 2. The summed E-state index contributed by atoms with van der Waals surface area (Å²) in [5.74, 6) is -0.514. The van der Waals surface area contributed by atoms with Crippen LogP contribution in [-0.4, -0.2) is 0 Å². The van der Waals surface area contributed by atoms with Crippen molar-refractivity contribution >= 4 is 15.9 Å². The number of ether oxygens (including phenoxy) is 1. The highest BCUT2D eigenvalue weighted by molar-refractivity contribution is 9.10. The molecule has 0 fully saturated rings. The van der Waals surface area contributed by atoms with E-state index < -0.39 is 11.6 Å². The maximum atomic E-state index is 13.8. The predicted octanol–water partition coefficient (Wildman–Crippen LogP) is 4.54. The molecule has 0 saturated heterocycles. The van der Waals surface area contributed by atoms with E-state index in [1.165, 1.54) is 24.3 Å². The highest BCUT2D eigenvalue weighted by Gasteiger charge is 2.14. The quantitative estimate of drug-likeness (QED) is 0.898. The van der Waals surface area contributed by atoms with Crippen LogP contribution in [0.1, 0.15) is 18.5 Å². The van der Waals surface area contributed by atoms with Gasteiger partial charge in [-0.2, -0.15) is 0 Å². The Kier molecular flexibility index (Phi) is 4.17. The Bertz CT molecular complexity index is 602. The van der Waals surface area contributed by atoms with Gasteiger partial charge in [0.15, 0.2) is 11.6 Å². The van der Waals surface area contributed by atoms with Crippen LogP contribution in [0.3, 0.4) is 0 Å². The molecule has 0 aliphatic rings. The molecule has 2 aromatic rings. The third-order valence-electron chi connectivity index (χ3n) is 2.60. The van der Waals surface area contributed by atoms with Crippen molar-refractivity contribution in [2.75, 3.05) is 0 Å². The number of hydrogen-bond donors (Lipinski definition) is 1. The van der Waals surface area contributed by atoms with Gasteiger partial charge < -0.3 is 10.5 Å². The summed E-state index contributed by atoms with van der Waals surface area (Å²) in [6.45, 7) is 1.74. The number of rotatable bonds is 3. The van der Waals surface area contributed by atoms with Gasteiger partial charge in [-0.05, 0) is 47.1 Å². The summed E-state index contributed by atoms with van der Waals surface area (Å²) < 4.78 is 32.7. The first kappa shape index (κ1) is 14.0. The molecule has 0 aliphatic heterocycles. The molecule has 0 saturated carbocycles. The molecule has 19 heavy (non-hydrogen) atoms.